The number of carbonyl (C=O) groups excluding carboxylic acids is 1. The summed E-state index contributed by atoms with van der Waals surface area (Å²) in [7, 11) is 6.22. The van der Waals surface area contributed by atoms with Crippen molar-refractivity contribution in [3.8, 4) is 0 Å². The van der Waals surface area contributed by atoms with Crippen LogP contribution in [0.1, 0.15) is 18.4 Å². The average molecular weight is 342 g/mol. The molecule has 1 N–H and O–H groups in total. The van der Waals surface area contributed by atoms with Gasteiger partial charge in [0.05, 0.1) is 10.9 Å². The molecule has 0 saturated carbocycles. The predicted octanol–water partition coefficient (Wildman–Crippen LogP) is 2.37. The molecule has 1 aromatic carbocycles. The van der Waals surface area contributed by atoms with Crippen LogP contribution in [0.2, 0.25) is 5.02 Å². The predicted molar refractivity (Wildman–Crippen MR) is 91.0 cm³/mol. The fourth-order valence-corrected chi connectivity index (χ4v) is 3.21. The van der Waals surface area contributed by atoms with E-state index in [1.807, 2.05) is 0 Å². The molecular formula is C17H25ClFN3O. The van der Waals surface area contributed by atoms with Crippen LogP contribution in [-0.4, -0.2) is 56.0 Å². The number of rotatable bonds is 4. The van der Waals surface area contributed by atoms with Crippen LogP contribution in [0.4, 0.5) is 4.39 Å². The Bertz CT molecular complexity index is 553. The fourth-order valence-electron chi connectivity index (χ4n) is 3.01. The van der Waals surface area contributed by atoms with Crippen molar-refractivity contribution in [3.63, 3.8) is 0 Å². The Morgan fingerprint density at radius 3 is 2.78 bits per heavy atom. The van der Waals surface area contributed by atoms with Gasteiger partial charge in [0.1, 0.15) is 5.82 Å². The van der Waals surface area contributed by atoms with E-state index in [4.69, 9.17) is 11.6 Å². The molecule has 0 aromatic heterocycles. The van der Waals surface area contributed by atoms with Gasteiger partial charge in [-0.25, -0.2) is 4.39 Å². The van der Waals surface area contributed by atoms with Crippen molar-refractivity contribution in [2.45, 2.75) is 25.4 Å². The number of carbonyl (C=O) groups is 1. The third-order valence-electron chi connectivity index (χ3n) is 4.45. The van der Waals surface area contributed by atoms with Crippen LogP contribution in [0.3, 0.4) is 0 Å². The summed E-state index contributed by atoms with van der Waals surface area (Å²) in [5.74, 6) is -0.403. The zero-order chi connectivity index (χ0) is 17.0. The summed E-state index contributed by atoms with van der Waals surface area (Å²) in [6.45, 7) is 2.11. The first-order chi connectivity index (χ1) is 10.9. The smallest absolute Gasteiger partial charge is 0.224 e. The second-order valence-corrected chi connectivity index (χ2v) is 6.99. The molecule has 1 heterocycles. The molecule has 2 rings (SSSR count). The van der Waals surface area contributed by atoms with E-state index < -0.39 is 5.82 Å². The molecule has 1 aromatic rings. The second-order valence-electron chi connectivity index (χ2n) is 6.58. The van der Waals surface area contributed by atoms with Crippen molar-refractivity contribution in [2.75, 3.05) is 34.2 Å². The van der Waals surface area contributed by atoms with Crippen molar-refractivity contribution < 1.29 is 9.18 Å². The maximum Gasteiger partial charge on any atom is 0.224 e. The number of amides is 1. The van der Waals surface area contributed by atoms with Crippen molar-refractivity contribution in [1.82, 2.24) is 15.1 Å². The molecule has 1 saturated heterocycles. The summed E-state index contributed by atoms with van der Waals surface area (Å²) in [4.78, 5) is 16.9. The van der Waals surface area contributed by atoms with Crippen molar-refractivity contribution in [1.29, 1.82) is 0 Å². The number of hydrogen-bond donors (Lipinski definition) is 1. The highest BCUT2D eigenvalue weighted by molar-refractivity contribution is 6.30. The first-order valence-corrected chi connectivity index (χ1v) is 8.31. The van der Waals surface area contributed by atoms with E-state index in [9.17, 15) is 9.18 Å². The monoisotopic (exact) mass is 341 g/mol. The molecule has 1 fully saturated rings. The summed E-state index contributed by atoms with van der Waals surface area (Å²) in [6.07, 6.45) is 1.89. The van der Waals surface area contributed by atoms with Crippen LogP contribution < -0.4 is 5.32 Å². The van der Waals surface area contributed by atoms with Crippen molar-refractivity contribution in [3.05, 3.63) is 34.6 Å². The summed E-state index contributed by atoms with van der Waals surface area (Å²) in [5, 5.41) is 3.03. The average Bonchev–Trinajstić information content (AvgIpc) is 2.70. The molecule has 23 heavy (non-hydrogen) atoms. The van der Waals surface area contributed by atoms with Gasteiger partial charge >= 0.3 is 0 Å². The lowest BCUT2D eigenvalue weighted by atomic mass is 10.0. The number of likely N-dealkylation sites (tertiary alicyclic amines) is 1. The SMILES string of the molecule is CN1C[C@H](C(=O)NCc2ccc(F)c(Cl)c2)CC[C@H](N(C)C)C1. The molecule has 0 aliphatic carbocycles. The number of halogens is 2. The van der Waals surface area contributed by atoms with Crippen molar-refractivity contribution in [2.24, 2.45) is 5.92 Å². The van der Waals surface area contributed by atoms with E-state index in [0.29, 0.717) is 12.6 Å². The molecule has 1 aliphatic heterocycles. The van der Waals surface area contributed by atoms with Crippen molar-refractivity contribution >= 4 is 17.5 Å². The van der Waals surface area contributed by atoms with Crippen LogP contribution in [0, 0.1) is 11.7 Å². The van der Waals surface area contributed by atoms with E-state index in [1.54, 1.807) is 12.1 Å². The maximum atomic E-state index is 13.1. The van der Waals surface area contributed by atoms with Gasteiger partial charge in [0.2, 0.25) is 5.91 Å². The minimum absolute atomic E-state index is 0.0131. The van der Waals surface area contributed by atoms with Gasteiger partial charge in [-0.15, -0.1) is 0 Å². The van der Waals surface area contributed by atoms with Crippen LogP contribution in [0.5, 0.6) is 0 Å². The molecule has 0 bridgehead atoms. The van der Waals surface area contributed by atoms with Gasteiger partial charge in [-0.05, 0) is 51.7 Å². The number of benzene rings is 1. The number of nitrogens with one attached hydrogen (secondary N) is 1. The van der Waals surface area contributed by atoms with Gasteiger partial charge in [0.25, 0.3) is 0 Å². The Morgan fingerprint density at radius 1 is 1.39 bits per heavy atom. The largest absolute Gasteiger partial charge is 0.352 e. The Morgan fingerprint density at radius 2 is 2.13 bits per heavy atom. The Hall–Kier alpha value is -1.17. The third-order valence-corrected chi connectivity index (χ3v) is 4.74. The molecule has 0 radical (unpaired) electrons. The zero-order valence-corrected chi connectivity index (χ0v) is 14.7. The minimum Gasteiger partial charge on any atom is -0.352 e. The van der Waals surface area contributed by atoms with E-state index >= 15 is 0 Å². The fraction of sp³-hybridized carbons (Fsp3) is 0.588. The van der Waals surface area contributed by atoms with Crippen LogP contribution in [-0.2, 0) is 11.3 Å². The highest BCUT2D eigenvalue weighted by atomic mass is 35.5. The first-order valence-electron chi connectivity index (χ1n) is 7.93. The van der Waals surface area contributed by atoms with Crippen LogP contribution in [0.15, 0.2) is 18.2 Å². The van der Waals surface area contributed by atoms with Crippen LogP contribution in [0.25, 0.3) is 0 Å². The lowest BCUT2D eigenvalue weighted by molar-refractivity contribution is -0.125. The third kappa shape index (κ3) is 5.16. The standard InChI is InChI=1S/C17H25ClFN3O/c1-21(2)14-6-5-13(10-22(3)11-14)17(23)20-9-12-4-7-16(19)15(18)8-12/h4,7-8,13-14H,5-6,9-11H2,1-3H3,(H,20,23)/t13-,14+/m1/s1. The quantitative estimate of drug-likeness (QED) is 0.913. The molecule has 1 aliphatic rings. The molecule has 0 spiro atoms. The number of hydrogen-bond acceptors (Lipinski definition) is 3. The number of nitrogens with zero attached hydrogens (tertiary/aromatic N) is 2. The topological polar surface area (TPSA) is 35.6 Å². The molecule has 1 amide bonds. The van der Waals surface area contributed by atoms with Gasteiger partial charge in [0.15, 0.2) is 0 Å². The zero-order valence-electron chi connectivity index (χ0n) is 14.0. The Kier molecular flexibility index (Phi) is 6.39. The molecule has 6 heteroatoms. The summed E-state index contributed by atoms with van der Waals surface area (Å²) >= 11 is 5.77. The second kappa shape index (κ2) is 8.08. The van der Waals surface area contributed by atoms with Gasteiger partial charge in [0, 0.05) is 25.7 Å². The van der Waals surface area contributed by atoms with E-state index in [2.05, 4.69) is 36.3 Å². The molecule has 128 valence electrons. The van der Waals surface area contributed by atoms with E-state index in [1.165, 1.54) is 6.07 Å². The minimum atomic E-state index is -0.443. The van der Waals surface area contributed by atoms with Crippen LogP contribution >= 0.6 is 11.6 Å². The van der Waals surface area contributed by atoms with Gasteiger partial charge in [-0.1, -0.05) is 17.7 Å². The summed E-state index contributed by atoms with van der Waals surface area (Å²) in [6, 6.07) is 5.00. The lowest BCUT2D eigenvalue weighted by Gasteiger charge is -2.25. The highest BCUT2D eigenvalue weighted by Gasteiger charge is 2.27. The van der Waals surface area contributed by atoms with Gasteiger partial charge in [-0.2, -0.15) is 0 Å². The van der Waals surface area contributed by atoms with Gasteiger partial charge < -0.3 is 15.1 Å². The molecule has 2 atom stereocenters. The molecular weight excluding hydrogens is 317 g/mol. The normalized spacial score (nSPS) is 22.9. The maximum absolute atomic E-state index is 13.1. The van der Waals surface area contributed by atoms with E-state index in [-0.39, 0.29) is 16.8 Å². The summed E-state index contributed by atoms with van der Waals surface area (Å²) in [5.41, 5.74) is 0.804. The molecule has 0 unspecified atom stereocenters. The Balaban J connectivity index is 1.90. The molecule has 4 nitrogen and oxygen atoms in total. The lowest BCUT2D eigenvalue weighted by Crippen LogP contribution is -2.39. The van der Waals surface area contributed by atoms with Gasteiger partial charge in [-0.3, -0.25) is 4.79 Å². The first kappa shape index (κ1) is 18.2. The highest BCUT2D eigenvalue weighted by Crippen LogP contribution is 2.19. The summed E-state index contributed by atoms with van der Waals surface area (Å²) < 4.78 is 13.1. The van der Waals surface area contributed by atoms with E-state index in [0.717, 1.165) is 31.5 Å². The Labute approximate surface area is 142 Å². The number of likely N-dealkylation sites (N-methyl/N-ethyl adjacent to an activating group) is 2.